The number of nitrogens with zero attached hydrogens (tertiary/aromatic N) is 3. The highest BCUT2D eigenvalue weighted by atomic mass is 19.1. The predicted octanol–water partition coefficient (Wildman–Crippen LogP) is 2.41. The highest BCUT2D eigenvalue weighted by molar-refractivity contribution is 5.85. The first-order chi connectivity index (χ1) is 11.7. The van der Waals surface area contributed by atoms with Gasteiger partial charge in [0.25, 0.3) is 0 Å². The van der Waals surface area contributed by atoms with E-state index in [0.29, 0.717) is 24.5 Å². The van der Waals surface area contributed by atoms with E-state index in [9.17, 15) is 4.39 Å². The third-order valence-electron chi connectivity index (χ3n) is 4.27. The van der Waals surface area contributed by atoms with Crippen LogP contribution in [0, 0.1) is 6.92 Å². The van der Waals surface area contributed by atoms with Gasteiger partial charge in [0.2, 0.25) is 5.88 Å². The summed E-state index contributed by atoms with van der Waals surface area (Å²) in [6.45, 7) is 3.03. The number of halogens is 1. The van der Waals surface area contributed by atoms with Crippen LogP contribution < -0.4 is 10.1 Å². The number of H-pyrrole nitrogens is 1. The third kappa shape index (κ3) is 2.82. The highest BCUT2D eigenvalue weighted by Crippen LogP contribution is 2.25. The van der Waals surface area contributed by atoms with Crippen LogP contribution in [0.3, 0.4) is 0 Å². The molecule has 2 aromatic heterocycles. The molecule has 124 valence electrons. The Kier molecular flexibility index (Phi) is 3.86. The molecule has 2 atom stereocenters. The monoisotopic (exact) mass is 327 g/mol. The van der Waals surface area contributed by atoms with Crippen molar-refractivity contribution in [1.29, 1.82) is 0 Å². The van der Waals surface area contributed by atoms with Crippen LogP contribution in [0.4, 0.5) is 4.39 Å². The molecule has 0 saturated carbocycles. The van der Waals surface area contributed by atoms with Crippen molar-refractivity contribution in [1.82, 2.24) is 25.5 Å². The van der Waals surface area contributed by atoms with Crippen molar-refractivity contribution >= 4 is 10.9 Å². The Bertz CT molecular complexity index is 865. The first kappa shape index (κ1) is 15.0. The average Bonchev–Trinajstić information content (AvgIpc) is 2.98. The molecule has 0 radical (unpaired) electrons. The van der Waals surface area contributed by atoms with Crippen molar-refractivity contribution in [2.75, 3.05) is 13.1 Å². The van der Waals surface area contributed by atoms with Crippen LogP contribution in [0.5, 0.6) is 5.88 Å². The van der Waals surface area contributed by atoms with Gasteiger partial charge in [-0.3, -0.25) is 10.1 Å². The minimum atomic E-state index is -1.03. The van der Waals surface area contributed by atoms with E-state index in [0.717, 1.165) is 28.7 Å². The molecular weight excluding hydrogens is 309 g/mol. The van der Waals surface area contributed by atoms with Crippen molar-refractivity contribution < 1.29 is 9.13 Å². The van der Waals surface area contributed by atoms with Crippen LogP contribution in [0.1, 0.15) is 12.1 Å². The fourth-order valence-corrected chi connectivity index (χ4v) is 2.93. The molecule has 0 amide bonds. The maximum atomic E-state index is 13.9. The molecule has 1 aliphatic rings. The number of benzene rings is 1. The lowest BCUT2D eigenvalue weighted by molar-refractivity contribution is 0.0691. The normalized spacial score (nSPS) is 21.1. The van der Waals surface area contributed by atoms with E-state index in [1.54, 1.807) is 6.20 Å². The molecule has 0 aliphatic carbocycles. The van der Waals surface area contributed by atoms with E-state index >= 15 is 0 Å². The molecule has 7 heteroatoms. The highest BCUT2D eigenvalue weighted by Gasteiger charge is 2.26. The molecule has 3 heterocycles. The predicted molar refractivity (Wildman–Crippen MR) is 88.7 cm³/mol. The molecular formula is C17H18FN5O. The largest absolute Gasteiger partial charge is 0.470 e. The van der Waals surface area contributed by atoms with Gasteiger partial charge in [0, 0.05) is 23.2 Å². The smallest absolute Gasteiger partial charge is 0.233 e. The first-order valence-corrected chi connectivity index (χ1v) is 7.99. The minimum absolute atomic E-state index is 0.314. The topological polar surface area (TPSA) is 75.7 Å². The van der Waals surface area contributed by atoms with E-state index in [4.69, 9.17) is 4.74 Å². The second kappa shape index (κ2) is 6.16. The third-order valence-corrected chi connectivity index (χ3v) is 4.27. The fraction of sp³-hybridized carbons (Fsp3) is 0.353. The lowest BCUT2D eigenvalue weighted by Crippen LogP contribution is -2.44. The van der Waals surface area contributed by atoms with Gasteiger partial charge in [-0.2, -0.15) is 5.10 Å². The van der Waals surface area contributed by atoms with Crippen LogP contribution in [0.25, 0.3) is 22.2 Å². The van der Waals surface area contributed by atoms with Crippen molar-refractivity contribution in [2.24, 2.45) is 0 Å². The summed E-state index contributed by atoms with van der Waals surface area (Å²) in [5.74, 6) is 0.353. The van der Waals surface area contributed by atoms with E-state index in [1.165, 1.54) is 6.20 Å². The van der Waals surface area contributed by atoms with Crippen LogP contribution >= 0.6 is 0 Å². The number of alkyl halides is 1. The molecule has 1 unspecified atom stereocenters. The summed E-state index contributed by atoms with van der Waals surface area (Å²) in [6, 6.07) is 5.90. The molecule has 0 bridgehead atoms. The van der Waals surface area contributed by atoms with Crippen LogP contribution in [-0.4, -0.2) is 45.5 Å². The van der Waals surface area contributed by atoms with Crippen molar-refractivity contribution in [3.8, 4) is 17.1 Å². The molecule has 1 aromatic carbocycles. The number of hydrogen-bond donors (Lipinski definition) is 2. The second-order valence-corrected chi connectivity index (χ2v) is 5.99. The Morgan fingerprint density at radius 1 is 1.29 bits per heavy atom. The Balaban J connectivity index is 1.62. The summed E-state index contributed by atoms with van der Waals surface area (Å²) in [6.07, 6.45) is 2.31. The summed E-state index contributed by atoms with van der Waals surface area (Å²) >= 11 is 0. The molecule has 4 rings (SSSR count). The Labute approximate surface area is 138 Å². The van der Waals surface area contributed by atoms with Crippen molar-refractivity contribution in [2.45, 2.75) is 25.6 Å². The standard InChI is InChI=1S/C17H18FN5O/c1-10-12-6-11(2-3-14(12)23-22-10)15-8-20-9-17(21-15)24-16-4-5-19-7-13(16)18/h2-3,6,8-9,13,16,19H,4-5,7H2,1H3,(H,22,23)/t13-,16?/m0/s1. The molecule has 6 nitrogen and oxygen atoms in total. The quantitative estimate of drug-likeness (QED) is 0.772. The number of aryl methyl sites for hydroxylation is 1. The fourth-order valence-electron chi connectivity index (χ4n) is 2.93. The summed E-state index contributed by atoms with van der Waals surface area (Å²) in [7, 11) is 0. The Morgan fingerprint density at radius 2 is 2.21 bits per heavy atom. The Morgan fingerprint density at radius 3 is 3.08 bits per heavy atom. The van der Waals surface area contributed by atoms with Crippen molar-refractivity contribution in [3.05, 3.63) is 36.3 Å². The first-order valence-electron chi connectivity index (χ1n) is 7.99. The number of rotatable bonds is 3. The van der Waals surface area contributed by atoms with Crippen LogP contribution in [0.15, 0.2) is 30.6 Å². The van der Waals surface area contributed by atoms with Gasteiger partial charge < -0.3 is 10.1 Å². The minimum Gasteiger partial charge on any atom is -0.470 e. The van der Waals surface area contributed by atoms with Gasteiger partial charge in [0.1, 0.15) is 12.3 Å². The van der Waals surface area contributed by atoms with Crippen molar-refractivity contribution in [3.63, 3.8) is 0 Å². The summed E-state index contributed by atoms with van der Waals surface area (Å²) in [4.78, 5) is 8.68. The molecule has 3 aromatic rings. The lowest BCUT2D eigenvalue weighted by atomic mass is 10.1. The number of aromatic nitrogens is 4. The second-order valence-electron chi connectivity index (χ2n) is 5.99. The van der Waals surface area contributed by atoms with Gasteiger partial charge in [-0.05, 0) is 32.0 Å². The molecule has 1 fully saturated rings. The zero-order valence-electron chi connectivity index (χ0n) is 13.3. The van der Waals surface area contributed by atoms with Gasteiger partial charge in [0.05, 0.1) is 23.6 Å². The molecule has 2 N–H and O–H groups in total. The van der Waals surface area contributed by atoms with Crippen LogP contribution in [-0.2, 0) is 0 Å². The number of aromatic amines is 1. The van der Waals surface area contributed by atoms with Gasteiger partial charge in [-0.15, -0.1) is 0 Å². The summed E-state index contributed by atoms with van der Waals surface area (Å²) < 4.78 is 19.6. The number of piperidine rings is 1. The molecule has 1 saturated heterocycles. The van der Waals surface area contributed by atoms with Gasteiger partial charge in [-0.25, -0.2) is 9.37 Å². The van der Waals surface area contributed by atoms with E-state index < -0.39 is 12.3 Å². The van der Waals surface area contributed by atoms with Crippen LogP contribution in [0.2, 0.25) is 0 Å². The summed E-state index contributed by atoms with van der Waals surface area (Å²) in [5.41, 5.74) is 3.53. The zero-order chi connectivity index (χ0) is 16.5. The van der Waals surface area contributed by atoms with E-state index in [1.807, 2.05) is 25.1 Å². The molecule has 0 spiro atoms. The van der Waals surface area contributed by atoms with Gasteiger partial charge in [-0.1, -0.05) is 6.07 Å². The maximum absolute atomic E-state index is 13.9. The number of hydrogen-bond acceptors (Lipinski definition) is 5. The molecule has 24 heavy (non-hydrogen) atoms. The number of nitrogens with one attached hydrogen (secondary N) is 2. The zero-order valence-corrected chi connectivity index (χ0v) is 13.3. The number of ether oxygens (including phenoxy) is 1. The molecule has 1 aliphatic heterocycles. The van der Waals surface area contributed by atoms with Gasteiger partial charge >= 0.3 is 0 Å². The number of fused-ring (bicyclic) bond motifs is 1. The maximum Gasteiger partial charge on any atom is 0.233 e. The average molecular weight is 327 g/mol. The lowest BCUT2D eigenvalue weighted by Gasteiger charge is -2.26. The van der Waals surface area contributed by atoms with E-state index in [-0.39, 0.29) is 0 Å². The van der Waals surface area contributed by atoms with Gasteiger partial charge in [0.15, 0.2) is 0 Å². The summed E-state index contributed by atoms with van der Waals surface area (Å²) in [5, 5.41) is 11.2. The Hall–Kier alpha value is -2.54. The SMILES string of the molecule is Cc1[nH]nc2ccc(-c3cncc(OC4CCNC[C@@H]4F)n3)cc12. The van der Waals surface area contributed by atoms with E-state index in [2.05, 4.69) is 25.5 Å².